The fraction of sp³-hybridized carbons (Fsp3) is 0.467. The minimum atomic E-state index is -1.14. The van der Waals surface area contributed by atoms with Gasteiger partial charge in [-0.2, -0.15) is 0 Å². The van der Waals surface area contributed by atoms with E-state index in [9.17, 15) is 19.1 Å². The molecule has 0 aromatic heterocycles. The summed E-state index contributed by atoms with van der Waals surface area (Å²) in [5, 5.41) is 12.0. The topological polar surface area (TPSA) is 66.4 Å². The monoisotopic (exact) mass is 281 g/mol. The van der Waals surface area contributed by atoms with Crippen LogP contribution in [0.15, 0.2) is 18.2 Å². The molecule has 0 aliphatic carbocycles. The number of halogens is 1. The molecule has 1 rings (SSSR count). The Hall–Kier alpha value is -1.91. The van der Waals surface area contributed by atoms with Gasteiger partial charge in [0.1, 0.15) is 5.82 Å². The number of amides is 1. The van der Waals surface area contributed by atoms with Crippen LogP contribution in [0, 0.1) is 18.2 Å². The van der Waals surface area contributed by atoms with Crippen LogP contribution in [-0.2, 0) is 4.79 Å². The molecule has 0 spiro atoms. The Kier molecular flexibility index (Phi) is 4.22. The van der Waals surface area contributed by atoms with Gasteiger partial charge in [0.2, 0.25) is 0 Å². The Morgan fingerprint density at radius 3 is 2.20 bits per heavy atom. The van der Waals surface area contributed by atoms with Gasteiger partial charge in [-0.25, -0.2) is 4.39 Å². The molecular weight excluding hydrogens is 261 g/mol. The van der Waals surface area contributed by atoms with Crippen molar-refractivity contribution in [2.45, 2.75) is 40.2 Å². The molecule has 0 fully saturated rings. The van der Waals surface area contributed by atoms with Crippen molar-refractivity contribution in [3.05, 3.63) is 35.1 Å². The summed E-state index contributed by atoms with van der Waals surface area (Å²) in [4.78, 5) is 23.5. The highest BCUT2D eigenvalue weighted by atomic mass is 19.1. The number of benzene rings is 1. The predicted octanol–water partition coefficient (Wildman–Crippen LogP) is 2.75. The van der Waals surface area contributed by atoms with Crippen molar-refractivity contribution in [1.82, 2.24) is 5.32 Å². The second kappa shape index (κ2) is 5.23. The number of hydrogen-bond donors (Lipinski definition) is 2. The lowest BCUT2D eigenvalue weighted by molar-refractivity contribution is -0.150. The zero-order chi connectivity index (χ0) is 15.7. The van der Waals surface area contributed by atoms with Crippen LogP contribution in [0.4, 0.5) is 4.39 Å². The quantitative estimate of drug-likeness (QED) is 0.891. The third kappa shape index (κ3) is 2.98. The predicted molar refractivity (Wildman–Crippen MR) is 74.1 cm³/mol. The van der Waals surface area contributed by atoms with Crippen LogP contribution in [0.2, 0.25) is 0 Å². The molecule has 0 saturated carbocycles. The molecule has 0 bridgehead atoms. The number of carboxylic acid groups (broad SMARTS) is 1. The lowest BCUT2D eigenvalue weighted by Gasteiger charge is -2.38. The average Bonchev–Trinajstić information content (AvgIpc) is 2.27. The molecule has 5 heteroatoms. The second-order valence-electron chi connectivity index (χ2n) is 5.97. The van der Waals surface area contributed by atoms with Crippen LogP contribution < -0.4 is 5.32 Å². The molecule has 1 amide bonds. The van der Waals surface area contributed by atoms with Crippen LogP contribution in [0.3, 0.4) is 0 Å². The first-order valence-corrected chi connectivity index (χ1v) is 6.31. The van der Waals surface area contributed by atoms with E-state index < -0.39 is 28.6 Å². The van der Waals surface area contributed by atoms with E-state index in [-0.39, 0.29) is 0 Å². The van der Waals surface area contributed by atoms with Crippen molar-refractivity contribution in [1.29, 1.82) is 0 Å². The highest BCUT2D eigenvalue weighted by Crippen LogP contribution is 2.31. The summed E-state index contributed by atoms with van der Waals surface area (Å²) in [6, 6.07) is 3.87. The summed E-state index contributed by atoms with van der Waals surface area (Å²) in [5.41, 5.74) is -1.26. The molecule has 110 valence electrons. The first-order valence-electron chi connectivity index (χ1n) is 6.31. The van der Waals surface area contributed by atoms with Gasteiger partial charge in [-0.15, -0.1) is 0 Å². The minimum absolute atomic E-state index is 0.334. The molecule has 0 radical (unpaired) electrons. The first kappa shape index (κ1) is 16.1. The van der Waals surface area contributed by atoms with Gasteiger partial charge < -0.3 is 10.4 Å². The number of carbonyl (C=O) groups is 2. The van der Waals surface area contributed by atoms with Crippen LogP contribution in [0.5, 0.6) is 0 Å². The zero-order valence-electron chi connectivity index (χ0n) is 12.4. The number of carbonyl (C=O) groups excluding carboxylic acids is 1. The van der Waals surface area contributed by atoms with Crippen molar-refractivity contribution >= 4 is 11.9 Å². The fourth-order valence-electron chi connectivity index (χ4n) is 1.66. The van der Waals surface area contributed by atoms with E-state index in [1.165, 1.54) is 18.2 Å². The summed E-state index contributed by atoms with van der Waals surface area (Å²) in [5.74, 6) is -1.83. The van der Waals surface area contributed by atoms with Crippen molar-refractivity contribution in [2.24, 2.45) is 5.41 Å². The molecule has 0 aliphatic rings. The van der Waals surface area contributed by atoms with E-state index in [1.54, 1.807) is 34.6 Å². The van der Waals surface area contributed by atoms with Gasteiger partial charge in [0.05, 0.1) is 11.0 Å². The van der Waals surface area contributed by atoms with Gasteiger partial charge in [0, 0.05) is 5.56 Å². The lowest BCUT2D eigenvalue weighted by Crippen LogP contribution is -2.57. The minimum Gasteiger partial charge on any atom is -0.481 e. The maximum atomic E-state index is 13.0. The first-order chi connectivity index (χ1) is 8.99. The number of aryl methyl sites for hydroxylation is 1. The Balaban J connectivity index is 3.03. The van der Waals surface area contributed by atoms with Crippen molar-refractivity contribution in [3.63, 3.8) is 0 Å². The van der Waals surface area contributed by atoms with E-state index in [2.05, 4.69) is 5.32 Å². The summed E-state index contributed by atoms with van der Waals surface area (Å²) < 4.78 is 13.0. The van der Waals surface area contributed by atoms with Gasteiger partial charge in [0.25, 0.3) is 5.91 Å². The summed E-state index contributed by atoms with van der Waals surface area (Å²) >= 11 is 0. The van der Waals surface area contributed by atoms with Crippen LogP contribution in [-0.4, -0.2) is 22.5 Å². The average molecular weight is 281 g/mol. The van der Waals surface area contributed by atoms with E-state index in [0.29, 0.717) is 11.1 Å². The summed E-state index contributed by atoms with van der Waals surface area (Å²) in [6.45, 7) is 8.03. The van der Waals surface area contributed by atoms with Gasteiger partial charge in [-0.1, -0.05) is 0 Å². The normalized spacial score (nSPS) is 12.1. The van der Waals surface area contributed by atoms with Gasteiger partial charge in [-0.3, -0.25) is 9.59 Å². The van der Waals surface area contributed by atoms with Crippen molar-refractivity contribution < 1.29 is 19.1 Å². The molecule has 0 atom stereocenters. The van der Waals surface area contributed by atoms with Crippen LogP contribution in [0.25, 0.3) is 0 Å². The number of aliphatic carboxylic acids is 1. The third-order valence-corrected chi connectivity index (χ3v) is 3.96. The number of hydrogen-bond acceptors (Lipinski definition) is 2. The Bertz CT molecular complexity index is 550. The maximum absolute atomic E-state index is 13.0. The van der Waals surface area contributed by atoms with Gasteiger partial charge >= 0.3 is 5.97 Å². The molecule has 0 unspecified atom stereocenters. The van der Waals surface area contributed by atoms with Crippen LogP contribution in [0.1, 0.15) is 43.6 Å². The molecule has 0 saturated heterocycles. The zero-order valence-corrected chi connectivity index (χ0v) is 12.4. The van der Waals surface area contributed by atoms with E-state index in [0.717, 1.165) is 0 Å². The highest BCUT2D eigenvalue weighted by molar-refractivity contribution is 5.96. The second-order valence-corrected chi connectivity index (χ2v) is 5.97. The van der Waals surface area contributed by atoms with E-state index >= 15 is 0 Å². The number of nitrogens with one attached hydrogen (secondary N) is 1. The van der Waals surface area contributed by atoms with E-state index in [4.69, 9.17) is 0 Å². The number of carboxylic acids is 1. The number of rotatable bonds is 4. The smallest absolute Gasteiger partial charge is 0.311 e. The third-order valence-electron chi connectivity index (χ3n) is 3.96. The van der Waals surface area contributed by atoms with Gasteiger partial charge in [0.15, 0.2) is 0 Å². The molecule has 4 nitrogen and oxygen atoms in total. The molecule has 1 aromatic carbocycles. The molecule has 20 heavy (non-hydrogen) atoms. The lowest BCUT2D eigenvalue weighted by atomic mass is 9.74. The Labute approximate surface area is 118 Å². The largest absolute Gasteiger partial charge is 0.481 e. The SMILES string of the molecule is Cc1cc(F)ccc1C(=O)NC(C)(C)C(C)(C)C(=O)O. The van der Waals surface area contributed by atoms with Crippen molar-refractivity contribution in [2.75, 3.05) is 0 Å². The molecule has 0 heterocycles. The van der Waals surface area contributed by atoms with Crippen LogP contribution >= 0.6 is 0 Å². The molecule has 0 aliphatic heterocycles. The van der Waals surface area contributed by atoms with E-state index in [1.807, 2.05) is 0 Å². The molecule has 2 N–H and O–H groups in total. The fourth-order valence-corrected chi connectivity index (χ4v) is 1.66. The Morgan fingerprint density at radius 2 is 1.75 bits per heavy atom. The summed E-state index contributed by atoms with van der Waals surface area (Å²) in [6.07, 6.45) is 0. The maximum Gasteiger partial charge on any atom is 0.311 e. The van der Waals surface area contributed by atoms with Crippen molar-refractivity contribution in [3.8, 4) is 0 Å². The highest BCUT2D eigenvalue weighted by Gasteiger charge is 2.44. The molecular formula is C15H20FNO3. The molecule has 1 aromatic rings. The standard InChI is InChI=1S/C15H20FNO3/c1-9-8-10(16)6-7-11(9)12(18)17-15(4,5)14(2,3)13(19)20/h6-8H,1-5H3,(H,17,18)(H,19,20). The van der Waals surface area contributed by atoms with Gasteiger partial charge in [-0.05, 0) is 58.4 Å². The Morgan fingerprint density at radius 1 is 1.20 bits per heavy atom. The summed E-state index contributed by atoms with van der Waals surface area (Å²) in [7, 11) is 0.